The van der Waals surface area contributed by atoms with Gasteiger partial charge in [-0.15, -0.1) is 11.3 Å². The van der Waals surface area contributed by atoms with Gasteiger partial charge in [0.2, 0.25) is 0 Å². The Hall–Kier alpha value is 0.380. The normalized spacial score (nSPS) is 24.6. The van der Waals surface area contributed by atoms with Crippen molar-refractivity contribution in [1.82, 2.24) is 5.32 Å². The molecule has 1 aromatic heterocycles. The Bertz CT molecular complexity index is 382. The molecule has 0 aromatic carbocycles. The minimum absolute atomic E-state index is 0.0609. The van der Waals surface area contributed by atoms with Gasteiger partial charge in [0, 0.05) is 16.8 Å². The van der Waals surface area contributed by atoms with Crippen molar-refractivity contribution in [2.24, 2.45) is 5.92 Å². The Labute approximate surface area is 121 Å². The Kier molecular flexibility index (Phi) is 4.66. The van der Waals surface area contributed by atoms with Crippen molar-refractivity contribution < 1.29 is 4.79 Å². The maximum Gasteiger partial charge on any atom is 0.252 e. The quantitative estimate of drug-likeness (QED) is 0.594. The monoisotopic (exact) mass is 413 g/mol. The summed E-state index contributed by atoms with van der Waals surface area (Å²) in [6.07, 6.45) is 3.72. The zero-order valence-corrected chi connectivity index (χ0v) is 13.3. The molecular formula is C11H13BrINOS. The highest BCUT2D eigenvalue weighted by atomic mass is 127. The maximum absolute atomic E-state index is 11.8. The molecule has 1 heterocycles. The van der Waals surface area contributed by atoms with E-state index in [1.807, 2.05) is 11.4 Å². The van der Waals surface area contributed by atoms with Gasteiger partial charge in [-0.2, -0.15) is 0 Å². The summed E-state index contributed by atoms with van der Waals surface area (Å²) in [5.74, 6) is 0.660. The number of nitrogens with one attached hydrogen (secondary N) is 1. The summed E-state index contributed by atoms with van der Waals surface area (Å²) in [6, 6.07) is 1.93. The van der Waals surface area contributed by atoms with Crippen LogP contribution in [0.2, 0.25) is 0 Å². The highest BCUT2D eigenvalue weighted by Crippen LogP contribution is 2.30. The van der Waals surface area contributed by atoms with Crippen LogP contribution in [0.3, 0.4) is 0 Å². The van der Waals surface area contributed by atoms with Crippen molar-refractivity contribution in [2.75, 3.05) is 6.54 Å². The molecule has 2 rings (SSSR count). The molecule has 0 radical (unpaired) electrons. The van der Waals surface area contributed by atoms with Crippen LogP contribution in [0.5, 0.6) is 0 Å². The summed E-state index contributed by atoms with van der Waals surface area (Å²) in [5, 5.41) is 4.93. The summed E-state index contributed by atoms with van der Waals surface area (Å²) in [5.41, 5.74) is 0.790. The van der Waals surface area contributed by atoms with Crippen LogP contribution in [0.25, 0.3) is 0 Å². The second kappa shape index (κ2) is 5.82. The standard InChI is InChI=1S/C11H13BrINOS/c12-9-3-1-2-7(9)5-14-11(15)8-4-10(13)16-6-8/h4,6-7,9H,1-3,5H2,(H,14,15). The molecule has 1 fully saturated rings. The first-order valence-corrected chi connectivity index (χ1v) is 8.20. The van der Waals surface area contributed by atoms with Crippen molar-refractivity contribution >= 4 is 55.8 Å². The third-order valence-corrected chi connectivity index (χ3v) is 5.92. The van der Waals surface area contributed by atoms with Gasteiger partial charge in [-0.25, -0.2) is 0 Å². The molecule has 0 aliphatic heterocycles. The number of alkyl halides is 1. The average molecular weight is 414 g/mol. The lowest BCUT2D eigenvalue weighted by Gasteiger charge is -2.14. The molecular weight excluding hydrogens is 401 g/mol. The number of thiophene rings is 1. The van der Waals surface area contributed by atoms with E-state index < -0.39 is 0 Å². The van der Waals surface area contributed by atoms with E-state index in [9.17, 15) is 4.79 Å². The number of halogens is 2. The fraction of sp³-hybridized carbons (Fsp3) is 0.545. The molecule has 1 aliphatic carbocycles. The van der Waals surface area contributed by atoms with Gasteiger partial charge in [0.15, 0.2) is 0 Å². The van der Waals surface area contributed by atoms with Gasteiger partial charge >= 0.3 is 0 Å². The van der Waals surface area contributed by atoms with Gasteiger partial charge in [0.25, 0.3) is 5.91 Å². The second-order valence-electron chi connectivity index (χ2n) is 4.06. The fourth-order valence-corrected chi connectivity index (χ4v) is 4.08. The van der Waals surface area contributed by atoms with Gasteiger partial charge in [-0.3, -0.25) is 4.79 Å². The zero-order valence-electron chi connectivity index (χ0n) is 8.71. The van der Waals surface area contributed by atoms with Crippen molar-refractivity contribution in [1.29, 1.82) is 0 Å². The lowest BCUT2D eigenvalue weighted by Crippen LogP contribution is -2.30. The number of hydrogen-bond donors (Lipinski definition) is 1. The highest BCUT2D eigenvalue weighted by Gasteiger charge is 2.25. The van der Waals surface area contributed by atoms with Crippen LogP contribution >= 0.6 is 49.9 Å². The van der Waals surface area contributed by atoms with Crippen LogP contribution in [-0.4, -0.2) is 17.3 Å². The zero-order chi connectivity index (χ0) is 11.5. The lowest BCUT2D eigenvalue weighted by atomic mass is 10.1. The Morgan fingerprint density at radius 2 is 2.44 bits per heavy atom. The van der Waals surface area contributed by atoms with Crippen molar-refractivity contribution in [3.8, 4) is 0 Å². The number of hydrogen-bond acceptors (Lipinski definition) is 2. The molecule has 2 nitrogen and oxygen atoms in total. The molecule has 1 N–H and O–H groups in total. The molecule has 1 aromatic rings. The first-order valence-electron chi connectivity index (χ1n) is 5.33. The largest absolute Gasteiger partial charge is 0.352 e. The van der Waals surface area contributed by atoms with Gasteiger partial charge < -0.3 is 5.32 Å². The van der Waals surface area contributed by atoms with Gasteiger partial charge in [0.1, 0.15) is 0 Å². The summed E-state index contributed by atoms with van der Waals surface area (Å²) >= 11 is 7.51. The molecule has 0 bridgehead atoms. The molecule has 1 amide bonds. The van der Waals surface area contributed by atoms with Crippen molar-refractivity contribution in [3.05, 3.63) is 19.9 Å². The van der Waals surface area contributed by atoms with Crippen LogP contribution in [0.15, 0.2) is 11.4 Å². The van der Waals surface area contributed by atoms with Crippen LogP contribution in [0, 0.1) is 8.80 Å². The summed E-state index contributed by atoms with van der Waals surface area (Å²) in [7, 11) is 0. The average Bonchev–Trinajstić information content (AvgIpc) is 2.84. The first-order chi connectivity index (χ1) is 7.66. The first kappa shape index (κ1) is 12.8. The van der Waals surface area contributed by atoms with Crippen LogP contribution in [0.4, 0.5) is 0 Å². The van der Waals surface area contributed by atoms with E-state index in [1.54, 1.807) is 11.3 Å². The topological polar surface area (TPSA) is 29.1 Å². The molecule has 0 spiro atoms. The van der Waals surface area contributed by atoms with Crippen molar-refractivity contribution in [2.45, 2.75) is 24.1 Å². The van der Waals surface area contributed by atoms with E-state index in [0.717, 1.165) is 15.0 Å². The molecule has 16 heavy (non-hydrogen) atoms. The van der Waals surface area contributed by atoms with Crippen LogP contribution in [-0.2, 0) is 0 Å². The van der Waals surface area contributed by atoms with Crippen LogP contribution in [0.1, 0.15) is 29.6 Å². The lowest BCUT2D eigenvalue weighted by molar-refractivity contribution is 0.0948. The highest BCUT2D eigenvalue weighted by molar-refractivity contribution is 14.1. The number of rotatable bonds is 3. The Morgan fingerprint density at radius 1 is 1.62 bits per heavy atom. The second-order valence-corrected chi connectivity index (χ2v) is 8.04. The number of carbonyl (C=O) groups excluding carboxylic acids is 1. The van der Waals surface area contributed by atoms with Crippen LogP contribution < -0.4 is 5.32 Å². The molecule has 88 valence electrons. The van der Waals surface area contributed by atoms with Crippen molar-refractivity contribution in [3.63, 3.8) is 0 Å². The van der Waals surface area contributed by atoms with E-state index >= 15 is 0 Å². The smallest absolute Gasteiger partial charge is 0.252 e. The van der Waals surface area contributed by atoms with E-state index in [1.165, 1.54) is 19.3 Å². The van der Waals surface area contributed by atoms with Gasteiger partial charge in [-0.05, 0) is 47.4 Å². The molecule has 2 unspecified atom stereocenters. The van der Waals surface area contributed by atoms with Gasteiger partial charge in [0.05, 0.1) is 8.45 Å². The summed E-state index contributed by atoms with van der Waals surface area (Å²) in [6.45, 7) is 0.793. The molecule has 5 heteroatoms. The van der Waals surface area contributed by atoms with E-state index in [-0.39, 0.29) is 5.91 Å². The third kappa shape index (κ3) is 3.20. The Balaban J connectivity index is 1.84. The number of carbonyl (C=O) groups is 1. The SMILES string of the molecule is O=C(NCC1CCCC1Br)c1csc(I)c1. The summed E-state index contributed by atoms with van der Waals surface area (Å²) in [4.78, 5) is 12.4. The minimum Gasteiger partial charge on any atom is -0.352 e. The van der Waals surface area contributed by atoms with E-state index in [4.69, 9.17) is 0 Å². The summed E-state index contributed by atoms with van der Waals surface area (Å²) < 4.78 is 1.15. The molecule has 1 saturated carbocycles. The maximum atomic E-state index is 11.8. The van der Waals surface area contributed by atoms with Gasteiger partial charge in [-0.1, -0.05) is 22.4 Å². The third-order valence-electron chi connectivity index (χ3n) is 2.92. The Morgan fingerprint density at radius 3 is 3.00 bits per heavy atom. The predicted molar refractivity (Wildman–Crippen MR) is 79.4 cm³/mol. The molecule has 0 saturated heterocycles. The van der Waals surface area contributed by atoms with E-state index in [2.05, 4.69) is 43.8 Å². The number of amides is 1. The predicted octanol–water partition coefficient (Wildman–Crippen LogP) is 3.65. The fourth-order valence-electron chi connectivity index (χ4n) is 1.98. The minimum atomic E-state index is 0.0609. The molecule has 1 aliphatic rings. The van der Waals surface area contributed by atoms with E-state index in [0.29, 0.717) is 10.7 Å². The molecule has 2 atom stereocenters.